The van der Waals surface area contributed by atoms with Crippen molar-refractivity contribution in [3.05, 3.63) is 72.4 Å². The van der Waals surface area contributed by atoms with Gasteiger partial charge in [-0.2, -0.15) is 5.10 Å². The van der Waals surface area contributed by atoms with Gasteiger partial charge >= 0.3 is 0 Å². The molecule has 0 radical (unpaired) electrons. The number of carbonyl (C=O) groups is 1. The average Bonchev–Trinajstić information content (AvgIpc) is 3.10. The molecule has 1 fully saturated rings. The van der Waals surface area contributed by atoms with Crippen molar-refractivity contribution >= 4 is 18.3 Å². The normalized spacial score (nSPS) is 14.6. The number of benzene rings is 2. The maximum absolute atomic E-state index is 12.5. The molecule has 3 aromatic rings. The Hall–Kier alpha value is -2.63. The van der Waals surface area contributed by atoms with Gasteiger partial charge in [0.2, 0.25) is 5.91 Å². The van der Waals surface area contributed by atoms with Crippen LogP contribution in [0.4, 0.5) is 0 Å². The second-order valence-corrected chi connectivity index (χ2v) is 7.07. The summed E-state index contributed by atoms with van der Waals surface area (Å²) in [7, 11) is 0. The van der Waals surface area contributed by atoms with Crippen LogP contribution >= 0.6 is 12.4 Å². The average molecular weight is 397 g/mol. The summed E-state index contributed by atoms with van der Waals surface area (Å²) >= 11 is 0. The van der Waals surface area contributed by atoms with Crippen molar-refractivity contribution in [2.24, 2.45) is 11.8 Å². The van der Waals surface area contributed by atoms with Crippen LogP contribution in [0.1, 0.15) is 12.5 Å². The molecule has 0 aliphatic carbocycles. The number of rotatable bonds is 6. The topological polar surface area (TPSA) is 59.0 Å². The third-order valence-electron chi connectivity index (χ3n) is 5.24. The highest BCUT2D eigenvalue weighted by molar-refractivity contribution is 5.85. The van der Waals surface area contributed by atoms with Crippen LogP contribution in [0.25, 0.3) is 16.9 Å². The maximum Gasteiger partial charge on any atom is 0.223 e. The first-order valence-corrected chi connectivity index (χ1v) is 9.40. The van der Waals surface area contributed by atoms with Crippen LogP contribution in [-0.2, 0) is 11.3 Å². The lowest BCUT2D eigenvalue weighted by Gasteiger charge is -2.31. The predicted molar refractivity (Wildman–Crippen MR) is 114 cm³/mol. The first-order valence-electron chi connectivity index (χ1n) is 9.40. The molecule has 1 aromatic heterocycles. The fourth-order valence-corrected chi connectivity index (χ4v) is 3.31. The number of carbonyl (C=O) groups excluding carboxylic acids is 1. The summed E-state index contributed by atoms with van der Waals surface area (Å²) in [6.45, 7) is 4.33. The largest absolute Gasteiger partial charge is 0.352 e. The van der Waals surface area contributed by atoms with Crippen LogP contribution in [0.2, 0.25) is 0 Å². The van der Waals surface area contributed by atoms with Crippen molar-refractivity contribution in [2.75, 3.05) is 13.1 Å². The molecule has 1 atom stereocenters. The molecule has 1 unspecified atom stereocenters. The molecule has 5 nitrogen and oxygen atoms in total. The van der Waals surface area contributed by atoms with Gasteiger partial charge in [-0.3, -0.25) is 4.79 Å². The van der Waals surface area contributed by atoms with Gasteiger partial charge in [0.25, 0.3) is 0 Å². The van der Waals surface area contributed by atoms with Crippen molar-refractivity contribution in [3.8, 4) is 16.9 Å². The zero-order chi connectivity index (χ0) is 18.6. The third-order valence-corrected chi connectivity index (χ3v) is 5.24. The lowest BCUT2D eigenvalue weighted by atomic mass is 9.88. The Bertz CT molecular complexity index is 907. The molecule has 28 heavy (non-hydrogen) atoms. The molecular formula is C22H25ClN4O. The summed E-state index contributed by atoms with van der Waals surface area (Å²) in [5, 5.41) is 11.1. The lowest BCUT2D eigenvalue weighted by molar-refractivity contribution is -0.126. The van der Waals surface area contributed by atoms with E-state index in [1.54, 1.807) is 0 Å². The van der Waals surface area contributed by atoms with Crippen LogP contribution in [0.3, 0.4) is 0 Å². The molecule has 1 amide bonds. The summed E-state index contributed by atoms with van der Waals surface area (Å²) < 4.78 is 1.88. The second kappa shape index (κ2) is 9.04. The Labute approximate surface area is 171 Å². The predicted octanol–water partition coefficient (Wildman–Crippen LogP) is 3.43. The Morgan fingerprint density at radius 1 is 1.14 bits per heavy atom. The number of hydrogen-bond acceptors (Lipinski definition) is 3. The minimum absolute atomic E-state index is 0. The second-order valence-electron chi connectivity index (χ2n) is 7.07. The Morgan fingerprint density at radius 2 is 1.79 bits per heavy atom. The molecular weight excluding hydrogens is 372 g/mol. The minimum atomic E-state index is 0. The van der Waals surface area contributed by atoms with Crippen molar-refractivity contribution in [1.82, 2.24) is 20.4 Å². The molecule has 6 heteroatoms. The van der Waals surface area contributed by atoms with Crippen LogP contribution < -0.4 is 10.6 Å². The van der Waals surface area contributed by atoms with Gasteiger partial charge in [0, 0.05) is 29.8 Å². The molecule has 1 saturated heterocycles. The first-order chi connectivity index (χ1) is 13.2. The maximum atomic E-state index is 12.5. The van der Waals surface area contributed by atoms with E-state index < -0.39 is 0 Å². The quantitative estimate of drug-likeness (QED) is 0.671. The van der Waals surface area contributed by atoms with E-state index >= 15 is 0 Å². The zero-order valence-electron chi connectivity index (χ0n) is 15.8. The van der Waals surface area contributed by atoms with Crippen LogP contribution in [0.15, 0.2) is 66.9 Å². The summed E-state index contributed by atoms with van der Waals surface area (Å²) in [4.78, 5) is 12.5. The van der Waals surface area contributed by atoms with Gasteiger partial charge in [-0.25, -0.2) is 4.68 Å². The van der Waals surface area contributed by atoms with E-state index in [0.717, 1.165) is 35.6 Å². The Kier molecular flexibility index (Phi) is 6.49. The number of para-hydroxylation sites is 1. The van der Waals surface area contributed by atoms with Crippen molar-refractivity contribution in [1.29, 1.82) is 0 Å². The van der Waals surface area contributed by atoms with Gasteiger partial charge < -0.3 is 10.6 Å². The molecule has 2 aromatic carbocycles. The van der Waals surface area contributed by atoms with Crippen LogP contribution in [0, 0.1) is 11.8 Å². The van der Waals surface area contributed by atoms with E-state index in [4.69, 9.17) is 5.10 Å². The van der Waals surface area contributed by atoms with Gasteiger partial charge in [-0.15, -0.1) is 12.4 Å². The van der Waals surface area contributed by atoms with Gasteiger partial charge in [0.05, 0.1) is 11.4 Å². The number of halogens is 1. The highest BCUT2D eigenvalue weighted by Crippen LogP contribution is 2.24. The fourth-order valence-electron chi connectivity index (χ4n) is 3.31. The van der Waals surface area contributed by atoms with E-state index in [2.05, 4.69) is 10.6 Å². The van der Waals surface area contributed by atoms with E-state index in [1.165, 1.54) is 0 Å². The Morgan fingerprint density at radius 3 is 2.39 bits per heavy atom. The molecule has 4 rings (SSSR count). The molecule has 0 saturated carbocycles. The SMILES string of the molecule is CC(C(=O)NCc1cn(-c2ccccc2)nc1-c1ccccc1)C1CNC1.Cl. The van der Waals surface area contributed by atoms with Gasteiger partial charge in [-0.1, -0.05) is 55.5 Å². The minimum Gasteiger partial charge on any atom is -0.352 e. The monoisotopic (exact) mass is 396 g/mol. The number of aromatic nitrogens is 2. The van der Waals surface area contributed by atoms with E-state index in [0.29, 0.717) is 12.5 Å². The molecule has 0 spiro atoms. The number of nitrogens with one attached hydrogen (secondary N) is 2. The highest BCUT2D eigenvalue weighted by Gasteiger charge is 2.28. The highest BCUT2D eigenvalue weighted by atomic mass is 35.5. The van der Waals surface area contributed by atoms with E-state index in [1.807, 2.05) is 78.5 Å². The standard InChI is InChI=1S/C22H24N4O.ClH/c1-16(18-12-23-13-18)22(27)24-14-19-15-26(20-10-6-3-7-11-20)25-21(19)17-8-4-2-5-9-17;/h2-11,15-16,18,23H,12-14H2,1H3,(H,24,27);1H. The smallest absolute Gasteiger partial charge is 0.223 e. The Balaban J connectivity index is 0.00000225. The summed E-state index contributed by atoms with van der Waals surface area (Å²) in [5.41, 5.74) is 3.96. The zero-order valence-corrected chi connectivity index (χ0v) is 16.7. The van der Waals surface area contributed by atoms with Crippen molar-refractivity contribution in [2.45, 2.75) is 13.5 Å². The third kappa shape index (κ3) is 4.26. The molecule has 1 aliphatic rings. The summed E-state index contributed by atoms with van der Waals surface area (Å²) in [6.07, 6.45) is 2.01. The van der Waals surface area contributed by atoms with E-state index in [-0.39, 0.29) is 24.2 Å². The van der Waals surface area contributed by atoms with Gasteiger partial charge in [-0.05, 0) is 31.1 Å². The fraction of sp³-hybridized carbons (Fsp3) is 0.273. The molecule has 146 valence electrons. The first kappa shape index (κ1) is 20.1. The molecule has 2 heterocycles. The van der Waals surface area contributed by atoms with E-state index in [9.17, 15) is 4.79 Å². The molecule has 0 bridgehead atoms. The summed E-state index contributed by atoms with van der Waals surface area (Å²) in [5.74, 6) is 0.564. The van der Waals surface area contributed by atoms with Crippen molar-refractivity contribution < 1.29 is 4.79 Å². The van der Waals surface area contributed by atoms with Gasteiger partial charge in [0.15, 0.2) is 0 Å². The summed E-state index contributed by atoms with van der Waals surface area (Å²) in [6, 6.07) is 20.1. The number of hydrogen-bond donors (Lipinski definition) is 2. The van der Waals surface area contributed by atoms with Gasteiger partial charge in [0.1, 0.15) is 0 Å². The molecule has 1 aliphatic heterocycles. The number of amides is 1. The van der Waals surface area contributed by atoms with Crippen LogP contribution in [-0.4, -0.2) is 28.8 Å². The lowest BCUT2D eigenvalue weighted by Crippen LogP contribution is -2.49. The van der Waals surface area contributed by atoms with Crippen LogP contribution in [0.5, 0.6) is 0 Å². The molecule has 2 N–H and O–H groups in total. The van der Waals surface area contributed by atoms with Crippen molar-refractivity contribution in [3.63, 3.8) is 0 Å². The number of nitrogens with zero attached hydrogens (tertiary/aromatic N) is 2.